The predicted octanol–water partition coefficient (Wildman–Crippen LogP) is 1.82. The number of para-hydroxylation sites is 1. The summed E-state index contributed by atoms with van der Waals surface area (Å²) in [6, 6.07) is 12.6. The number of carbonyl (C=O) groups excluding carboxylic acids is 2. The molecule has 2 heterocycles. The Labute approximate surface area is 142 Å². The number of hydrogen-bond donors (Lipinski definition) is 1. The lowest BCUT2D eigenvalue weighted by Gasteiger charge is -2.14. The Morgan fingerprint density at radius 3 is 2.88 bits per heavy atom. The molecular formula is C16H15N3O4S. The molecule has 2 amide bonds. The fourth-order valence-corrected chi connectivity index (χ4v) is 2.84. The zero-order valence-electron chi connectivity index (χ0n) is 12.7. The third-order valence-electron chi connectivity index (χ3n) is 3.14. The molecule has 1 aliphatic rings. The fraction of sp³-hybridized carbons (Fsp3) is 0.188. The van der Waals surface area contributed by atoms with Crippen LogP contribution in [0.25, 0.3) is 0 Å². The van der Waals surface area contributed by atoms with E-state index in [1.807, 2.05) is 18.2 Å². The summed E-state index contributed by atoms with van der Waals surface area (Å²) >= 11 is 1.27. The van der Waals surface area contributed by atoms with Gasteiger partial charge in [-0.2, -0.15) is 0 Å². The number of hydrogen-bond acceptors (Lipinski definition) is 6. The molecule has 1 fully saturated rings. The van der Waals surface area contributed by atoms with Crippen LogP contribution in [0.1, 0.15) is 5.76 Å². The second kappa shape index (κ2) is 7.69. The van der Waals surface area contributed by atoms with Gasteiger partial charge in [0.15, 0.2) is 11.8 Å². The van der Waals surface area contributed by atoms with Crippen LogP contribution in [0, 0.1) is 0 Å². The summed E-state index contributed by atoms with van der Waals surface area (Å²) in [5, 5.41) is 4.45. The van der Waals surface area contributed by atoms with E-state index in [-0.39, 0.29) is 24.8 Å². The summed E-state index contributed by atoms with van der Waals surface area (Å²) in [5.41, 5.74) is 2.40. The van der Waals surface area contributed by atoms with Gasteiger partial charge in [0.2, 0.25) is 5.91 Å². The van der Waals surface area contributed by atoms with Crippen LogP contribution in [0.5, 0.6) is 5.75 Å². The summed E-state index contributed by atoms with van der Waals surface area (Å²) in [7, 11) is 0. The number of nitrogens with zero attached hydrogens (tertiary/aromatic N) is 2. The first kappa shape index (κ1) is 16.1. The van der Waals surface area contributed by atoms with Crippen LogP contribution >= 0.6 is 11.8 Å². The Balaban J connectivity index is 1.54. The minimum Gasteiger partial charge on any atom is -0.484 e. The first-order valence-electron chi connectivity index (χ1n) is 7.22. The van der Waals surface area contributed by atoms with E-state index in [1.54, 1.807) is 30.5 Å². The van der Waals surface area contributed by atoms with E-state index in [2.05, 4.69) is 10.5 Å². The monoisotopic (exact) mass is 345 g/mol. The van der Waals surface area contributed by atoms with Gasteiger partial charge in [-0.3, -0.25) is 14.5 Å². The zero-order chi connectivity index (χ0) is 16.8. The number of thioether (sulfide) groups is 1. The molecule has 0 bridgehead atoms. The Morgan fingerprint density at radius 2 is 2.12 bits per heavy atom. The Hall–Kier alpha value is -2.74. The maximum atomic E-state index is 11.9. The van der Waals surface area contributed by atoms with Crippen molar-refractivity contribution >= 4 is 28.7 Å². The van der Waals surface area contributed by atoms with Gasteiger partial charge in [-0.05, 0) is 24.3 Å². The number of furan rings is 1. The SMILES string of the molecule is O=C(COc1ccccc1)N/N=C1/SCC(=O)N1Cc1ccco1. The van der Waals surface area contributed by atoms with Crippen molar-refractivity contribution in [3.63, 3.8) is 0 Å². The summed E-state index contributed by atoms with van der Waals surface area (Å²) in [6.07, 6.45) is 1.54. The van der Waals surface area contributed by atoms with Crippen LogP contribution in [0.4, 0.5) is 0 Å². The molecule has 3 rings (SSSR count). The van der Waals surface area contributed by atoms with Crippen molar-refractivity contribution in [2.45, 2.75) is 6.54 Å². The van der Waals surface area contributed by atoms with E-state index in [1.165, 1.54) is 16.7 Å². The fourth-order valence-electron chi connectivity index (χ4n) is 2.00. The molecule has 0 radical (unpaired) electrons. The molecule has 0 atom stereocenters. The number of amidine groups is 1. The first-order valence-corrected chi connectivity index (χ1v) is 8.21. The summed E-state index contributed by atoms with van der Waals surface area (Å²) in [4.78, 5) is 25.2. The third kappa shape index (κ3) is 4.17. The molecule has 2 aromatic rings. The van der Waals surface area contributed by atoms with Crippen molar-refractivity contribution in [3.05, 3.63) is 54.5 Å². The summed E-state index contributed by atoms with van der Waals surface area (Å²) < 4.78 is 10.6. The molecule has 0 spiro atoms. The molecule has 8 heteroatoms. The molecule has 1 aliphatic heterocycles. The second-order valence-electron chi connectivity index (χ2n) is 4.88. The van der Waals surface area contributed by atoms with Crippen LogP contribution in [0.15, 0.2) is 58.2 Å². The zero-order valence-corrected chi connectivity index (χ0v) is 13.5. The Bertz CT molecular complexity index is 731. The van der Waals surface area contributed by atoms with Crippen LogP contribution in [0.2, 0.25) is 0 Å². The average molecular weight is 345 g/mol. The van der Waals surface area contributed by atoms with E-state index in [0.717, 1.165) is 0 Å². The van der Waals surface area contributed by atoms with Gasteiger partial charge in [-0.15, -0.1) is 5.10 Å². The summed E-state index contributed by atoms with van der Waals surface area (Å²) in [6.45, 7) is 0.131. The van der Waals surface area contributed by atoms with Crippen molar-refractivity contribution in [2.75, 3.05) is 12.4 Å². The number of nitrogens with one attached hydrogen (secondary N) is 1. The van der Waals surface area contributed by atoms with Crippen molar-refractivity contribution in [2.24, 2.45) is 5.10 Å². The third-order valence-corrected chi connectivity index (χ3v) is 4.10. The summed E-state index contributed by atoms with van der Waals surface area (Å²) in [5.74, 6) is 1.06. The minimum atomic E-state index is -0.399. The first-order chi connectivity index (χ1) is 11.7. The van der Waals surface area contributed by atoms with Gasteiger partial charge in [-0.25, -0.2) is 5.43 Å². The van der Waals surface area contributed by atoms with Crippen LogP contribution in [-0.2, 0) is 16.1 Å². The molecule has 7 nitrogen and oxygen atoms in total. The van der Waals surface area contributed by atoms with Crippen molar-refractivity contribution < 1.29 is 18.7 Å². The maximum absolute atomic E-state index is 11.9. The molecule has 1 saturated heterocycles. The topological polar surface area (TPSA) is 84.1 Å². The highest BCUT2D eigenvalue weighted by atomic mass is 32.2. The maximum Gasteiger partial charge on any atom is 0.278 e. The smallest absolute Gasteiger partial charge is 0.278 e. The highest BCUT2D eigenvalue weighted by Crippen LogP contribution is 2.21. The second-order valence-corrected chi connectivity index (χ2v) is 5.82. The Kier molecular flexibility index (Phi) is 5.17. The van der Waals surface area contributed by atoms with Gasteiger partial charge in [0.25, 0.3) is 5.91 Å². The van der Waals surface area contributed by atoms with Crippen LogP contribution in [0.3, 0.4) is 0 Å². The average Bonchev–Trinajstić information content (AvgIpc) is 3.24. The van der Waals surface area contributed by atoms with Crippen LogP contribution < -0.4 is 10.2 Å². The van der Waals surface area contributed by atoms with Crippen molar-refractivity contribution in [3.8, 4) is 5.75 Å². The van der Waals surface area contributed by atoms with Gasteiger partial charge in [0.1, 0.15) is 11.5 Å². The molecule has 124 valence electrons. The largest absolute Gasteiger partial charge is 0.484 e. The standard InChI is InChI=1S/C16H15N3O4S/c20-14(10-23-12-5-2-1-3-6-12)17-18-16-19(15(21)11-24-16)9-13-7-4-8-22-13/h1-8H,9-11H2,(H,17,20)/b18-16+. The van der Waals surface area contributed by atoms with Gasteiger partial charge in [-0.1, -0.05) is 30.0 Å². The molecule has 1 aromatic carbocycles. The van der Waals surface area contributed by atoms with Gasteiger partial charge in [0, 0.05) is 0 Å². The number of rotatable bonds is 6. The molecule has 1 aromatic heterocycles. The van der Waals surface area contributed by atoms with Gasteiger partial charge in [0.05, 0.1) is 18.6 Å². The molecule has 24 heavy (non-hydrogen) atoms. The lowest BCUT2D eigenvalue weighted by atomic mass is 10.3. The van der Waals surface area contributed by atoms with Crippen molar-refractivity contribution in [1.29, 1.82) is 0 Å². The van der Waals surface area contributed by atoms with E-state index < -0.39 is 5.91 Å². The highest BCUT2D eigenvalue weighted by molar-refractivity contribution is 8.15. The molecule has 0 unspecified atom stereocenters. The normalized spacial score (nSPS) is 15.8. The molecule has 0 saturated carbocycles. The molecular weight excluding hydrogens is 330 g/mol. The number of hydrazone groups is 1. The minimum absolute atomic E-state index is 0.0788. The number of amides is 2. The van der Waals surface area contributed by atoms with E-state index >= 15 is 0 Å². The van der Waals surface area contributed by atoms with Crippen LogP contribution in [-0.4, -0.2) is 34.2 Å². The molecule has 1 N–H and O–H groups in total. The lowest BCUT2D eigenvalue weighted by molar-refractivity contribution is -0.125. The number of benzene rings is 1. The number of carbonyl (C=O) groups is 2. The highest BCUT2D eigenvalue weighted by Gasteiger charge is 2.29. The molecule has 0 aliphatic carbocycles. The number of ether oxygens (including phenoxy) is 1. The lowest BCUT2D eigenvalue weighted by Crippen LogP contribution is -2.32. The van der Waals surface area contributed by atoms with E-state index in [9.17, 15) is 9.59 Å². The van der Waals surface area contributed by atoms with Crippen molar-refractivity contribution in [1.82, 2.24) is 10.3 Å². The predicted molar refractivity (Wildman–Crippen MR) is 89.2 cm³/mol. The van der Waals surface area contributed by atoms with E-state index in [4.69, 9.17) is 9.15 Å². The van der Waals surface area contributed by atoms with Gasteiger partial charge >= 0.3 is 0 Å². The van der Waals surface area contributed by atoms with Gasteiger partial charge < -0.3 is 9.15 Å². The quantitative estimate of drug-likeness (QED) is 0.808. The Morgan fingerprint density at radius 1 is 1.29 bits per heavy atom. The van der Waals surface area contributed by atoms with E-state index in [0.29, 0.717) is 16.7 Å².